The van der Waals surface area contributed by atoms with Crippen LogP contribution in [0.25, 0.3) is 0 Å². The molecule has 0 aliphatic heterocycles. The molecule has 14 heteroatoms. The number of carbonyl (C=O) groups excluding carboxylic acids is 6. The fourth-order valence-electron chi connectivity index (χ4n) is 4.34. The van der Waals surface area contributed by atoms with E-state index in [1.54, 1.807) is 30.3 Å². The summed E-state index contributed by atoms with van der Waals surface area (Å²) in [5, 5.41) is 22.2. The van der Waals surface area contributed by atoms with E-state index in [2.05, 4.69) is 26.6 Å². The summed E-state index contributed by atoms with van der Waals surface area (Å²) in [4.78, 5) is 86.3. The van der Waals surface area contributed by atoms with Gasteiger partial charge >= 0.3 is 5.97 Å². The molecule has 1 aromatic carbocycles. The molecular weight excluding hydrogens is 572 g/mol. The molecule has 0 fully saturated rings. The molecule has 0 heterocycles. The molecular formula is C30H46N6O8. The summed E-state index contributed by atoms with van der Waals surface area (Å²) in [7, 11) is 0. The van der Waals surface area contributed by atoms with E-state index < -0.39 is 72.1 Å². The second-order valence-corrected chi connectivity index (χ2v) is 11.5. The smallest absolute Gasteiger partial charge is 0.326 e. The van der Waals surface area contributed by atoms with Crippen molar-refractivity contribution in [2.24, 2.45) is 17.6 Å². The van der Waals surface area contributed by atoms with Crippen molar-refractivity contribution in [1.29, 1.82) is 0 Å². The van der Waals surface area contributed by atoms with E-state index in [4.69, 9.17) is 5.73 Å². The van der Waals surface area contributed by atoms with Crippen LogP contribution in [0.15, 0.2) is 30.3 Å². The number of benzene rings is 1. The highest BCUT2D eigenvalue weighted by Crippen LogP contribution is 2.09. The summed E-state index contributed by atoms with van der Waals surface area (Å²) in [6, 6.07) is 4.35. The Morgan fingerprint density at radius 1 is 0.727 bits per heavy atom. The van der Waals surface area contributed by atoms with Gasteiger partial charge < -0.3 is 37.4 Å². The van der Waals surface area contributed by atoms with Crippen molar-refractivity contribution >= 4 is 41.4 Å². The maximum Gasteiger partial charge on any atom is 0.326 e. The number of carboxylic acid groups (broad SMARTS) is 1. The Morgan fingerprint density at radius 2 is 1.25 bits per heavy atom. The van der Waals surface area contributed by atoms with Crippen molar-refractivity contribution in [3.63, 3.8) is 0 Å². The Morgan fingerprint density at radius 3 is 1.75 bits per heavy atom. The molecule has 0 saturated heterocycles. The van der Waals surface area contributed by atoms with Crippen LogP contribution in [0, 0.1) is 11.8 Å². The van der Waals surface area contributed by atoms with Crippen molar-refractivity contribution < 1.29 is 38.7 Å². The predicted molar refractivity (Wildman–Crippen MR) is 162 cm³/mol. The van der Waals surface area contributed by atoms with Crippen molar-refractivity contribution in [2.45, 2.75) is 90.9 Å². The van der Waals surface area contributed by atoms with E-state index in [-0.39, 0.29) is 43.9 Å². The van der Waals surface area contributed by atoms with Crippen LogP contribution in [0.2, 0.25) is 0 Å². The molecule has 1 rings (SSSR count). The predicted octanol–water partition coefficient (Wildman–Crippen LogP) is -0.253. The second kappa shape index (κ2) is 18.9. The van der Waals surface area contributed by atoms with Crippen LogP contribution in [0.4, 0.5) is 0 Å². The molecule has 6 amide bonds. The summed E-state index contributed by atoms with van der Waals surface area (Å²) >= 11 is 0. The highest BCUT2D eigenvalue weighted by Gasteiger charge is 2.29. The minimum atomic E-state index is -1.22. The zero-order valence-electron chi connectivity index (χ0n) is 26.0. The van der Waals surface area contributed by atoms with Crippen molar-refractivity contribution in [1.82, 2.24) is 26.6 Å². The largest absolute Gasteiger partial charge is 0.480 e. The van der Waals surface area contributed by atoms with Crippen LogP contribution in [0.3, 0.4) is 0 Å². The molecule has 244 valence electrons. The molecule has 1 aromatic rings. The number of carbonyl (C=O) groups is 7. The minimum absolute atomic E-state index is 0.0326. The zero-order chi connectivity index (χ0) is 33.4. The van der Waals surface area contributed by atoms with Crippen molar-refractivity contribution in [3.8, 4) is 0 Å². The van der Waals surface area contributed by atoms with Crippen LogP contribution in [-0.2, 0) is 40.0 Å². The maximum absolute atomic E-state index is 13.1. The number of nitrogens with one attached hydrogen (secondary N) is 5. The van der Waals surface area contributed by atoms with Gasteiger partial charge in [-0.3, -0.25) is 28.8 Å². The van der Waals surface area contributed by atoms with Crippen LogP contribution in [0.5, 0.6) is 0 Å². The van der Waals surface area contributed by atoms with Gasteiger partial charge in [-0.2, -0.15) is 0 Å². The molecule has 4 atom stereocenters. The van der Waals surface area contributed by atoms with Crippen LogP contribution in [-0.4, -0.2) is 77.2 Å². The standard InChI is InChI=1S/C30H46N6O8/c1-17(2)13-22(35-28(41)21(33-19(5)37)11-12-25(31)38)27(40)32-16-26(39)34-23(14-18(3)4)29(42)36-24(30(43)44)15-20-9-7-6-8-10-20/h6-10,17-18,21-24H,11-16H2,1-5H3,(H2,31,38)(H,32,40)(H,33,37)(H,34,39)(H,35,41)(H,36,42)(H,43,44)/t21-,22-,23-,24-/m0/s1. The monoisotopic (exact) mass is 618 g/mol. The SMILES string of the molecule is CC(=O)N[C@@H](CCC(N)=O)C(=O)N[C@@H](CC(C)C)C(=O)NCC(=O)N[C@@H](CC(C)C)C(=O)N[C@@H](Cc1ccccc1)C(=O)O. The van der Waals surface area contributed by atoms with E-state index in [0.29, 0.717) is 5.56 Å². The number of rotatable bonds is 19. The average Bonchev–Trinajstić information content (AvgIpc) is 2.92. The number of amides is 6. The summed E-state index contributed by atoms with van der Waals surface area (Å²) in [5.74, 6) is -5.19. The fourth-order valence-corrected chi connectivity index (χ4v) is 4.34. The van der Waals surface area contributed by atoms with Gasteiger partial charge in [-0.1, -0.05) is 58.0 Å². The van der Waals surface area contributed by atoms with Crippen molar-refractivity contribution in [2.75, 3.05) is 6.54 Å². The summed E-state index contributed by atoms with van der Waals surface area (Å²) in [5.41, 5.74) is 5.88. The fraction of sp³-hybridized carbons (Fsp3) is 0.567. The minimum Gasteiger partial charge on any atom is -0.480 e. The van der Waals surface area contributed by atoms with Crippen LogP contribution in [0.1, 0.15) is 65.9 Å². The quantitative estimate of drug-likeness (QED) is 0.109. The molecule has 0 spiro atoms. The normalized spacial score (nSPS) is 13.6. The zero-order valence-corrected chi connectivity index (χ0v) is 26.0. The summed E-state index contributed by atoms with van der Waals surface area (Å²) in [6.45, 7) is 8.02. The van der Waals surface area contributed by atoms with Gasteiger partial charge in [-0.05, 0) is 36.7 Å². The van der Waals surface area contributed by atoms with E-state index in [1.165, 1.54) is 6.92 Å². The van der Waals surface area contributed by atoms with E-state index in [0.717, 1.165) is 0 Å². The van der Waals surface area contributed by atoms with Gasteiger partial charge in [0.25, 0.3) is 0 Å². The highest BCUT2D eigenvalue weighted by atomic mass is 16.4. The first-order valence-corrected chi connectivity index (χ1v) is 14.6. The second-order valence-electron chi connectivity index (χ2n) is 11.5. The first kappa shape index (κ1) is 37.5. The van der Waals surface area contributed by atoms with Crippen LogP contribution < -0.4 is 32.3 Å². The molecule has 0 aromatic heterocycles. The van der Waals surface area contributed by atoms with Gasteiger partial charge in [0, 0.05) is 19.8 Å². The van der Waals surface area contributed by atoms with Gasteiger partial charge in [0.2, 0.25) is 35.4 Å². The Bertz CT molecular complexity index is 1160. The molecule has 0 aliphatic carbocycles. The third kappa shape index (κ3) is 15.1. The molecule has 44 heavy (non-hydrogen) atoms. The third-order valence-electron chi connectivity index (χ3n) is 6.39. The molecule has 8 N–H and O–H groups in total. The lowest BCUT2D eigenvalue weighted by molar-refractivity contribution is -0.142. The molecule has 14 nitrogen and oxygen atoms in total. The van der Waals surface area contributed by atoms with Gasteiger partial charge in [-0.15, -0.1) is 0 Å². The lowest BCUT2D eigenvalue weighted by Gasteiger charge is -2.24. The van der Waals surface area contributed by atoms with Gasteiger partial charge in [0.05, 0.1) is 6.54 Å². The molecule has 0 unspecified atom stereocenters. The Kier molecular flexibility index (Phi) is 16.1. The number of nitrogens with two attached hydrogens (primary N) is 1. The molecule has 0 bridgehead atoms. The van der Waals surface area contributed by atoms with Gasteiger partial charge in [0.15, 0.2) is 0 Å². The average molecular weight is 619 g/mol. The Labute approximate surface area is 257 Å². The third-order valence-corrected chi connectivity index (χ3v) is 6.39. The van der Waals surface area contributed by atoms with E-state index in [9.17, 15) is 38.7 Å². The lowest BCUT2D eigenvalue weighted by Crippen LogP contribution is -2.56. The Balaban J connectivity index is 2.89. The molecule has 0 saturated carbocycles. The number of hydrogen-bond donors (Lipinski definition) is 7. The van der Waals surface area contributed by atoms with E-state index >= 15 is 0 Å². The topological polar surface area (TPSA) is 226 Å². The molecule has 0 aliphatic rings. The first-order chi connectivity index (χ1) is 20.6. The summed E-state index contributed by atoms with van der Waals surface area (Å²) < 4.78 is 0. The van der Waals surface area contributed by atoms with Gasteiger partial charge in [-0.25, -0.2) is 4.79 Å². The Hall–Kier alpha value is -4.49. The molecule has 0 radical (unpaired) electrons. The first-order valence-electron chi connectivity index (χ1n) is 14.6. The van der Waals surface area contributed by atoms with Crippen LogP contribution >= 0.6 is 0 Å². The lowest BCUT2D eigenvalue weighted by atomic mass is 10.0. The maximum atomic E-state index is 13.1. The van der Waals surface area contributed by atoms with Gasteiger partial charge in [0.1, 0.15) is 24.2 Å². The number of carboxylic acids is 1. The van der Waals surface area contributed by atoms with E-state index in [1.807, 2.05) is 27.7 Å². The summed E-state index contributed by atoms with van der Waals surface area (Å²) in [6.07, 6.45) is 0.245. The number of aliphatic carboxylic acids is 1. The highest BCUT2D eigenvalue weighted by molar-refractivity contribution is 5.95. The number of hydrogen-bond acceptors (Lipinski definition) is 7. The number of primary amides is 1. The van der Waals surface area contributed by atoms with Crippen molar-refractivity contribution in [3.05, 3.63) is 35.9 Å².